The van der Waals surface area contributed by atoms with Gasteiger partial charge in [-0.2, -0.15) is 0 Å². The van der Waals surface area contributed by atoms with Gasteiger partial charge in [0, 0.05) is 28.3 Å². The molecule has 0 bridgehead atoms. The Morgan fingerprint density at radius 3 is 1.31 bits per heavy atom. The maximum absolute atomic E-state index is 14.9. The Bertz CT molecular complexity index is 3720. The first kappa shape index (κ1) is 50.2. The van der Waals surface area contributed by atoms with Crippen LogP contribution in [-0.2, 0) is 28.4 Å². The highest BCUT2D eigenvalue weighted by Gasteiger charge is 2.56. The second kappa shape index (κ2) is 17.7. The van der Waals surface area contributed by atoms with Crippen molar-refractivity contribution >= 4 is 35.8 Å². The zero-order chi connectivity index (χ0) is 56.4. The lowest BCUT2D eigenvalue weighted by atomic mass is 9.91. The fraction of sp³-hybridized carbons (Fsp3) is 0.125. The Labute approximate surface area is 428 Å². The lowest BCUT2D eigenvalue weighted by Gasteiger charge is -2.44. The van der Waals surface area contributed by atoms with Crippen molar-refractivity contribution in [2.45, 2.75) is 30.7 Å². The Hall–Kier alpha value is -11.3. The van der Waals surface area contributed by atoms with Crippen molar-refractivity contribution in [3.8, 4) is 131 Å². The van der Waals surface area contributed by atoms with Crippen LogP contribution in [0.2, 0.25) is 0 Å². The van der Waals surface area contributed by atoms with E-state index < -0.39 is 238 Å². The monoisotopic (exact) mass is 1090 g/mol. The van der Waals surface area contributed by atoms with Gasteiger partial charge in [0.2, 0.25) is 46.9 Å². The summed E-state index contributed by atoms with van der Waals surface area (Å²) in [6.07, 6.45) is -12.6. The van der Waals surface area contributed by atoms with E-state index in [0.717, 1.165) is 0 Å². The molecular formula is C48H30O30. The third-order valence-corrected chi connectivity index (χ3v) is 12.4. The summed E-state index contributed by atoms with van der Waals surface area (Å²) < 4.78 is 45.2. The maximum Gasteiger partial charge on any atom is 0.347 e. The highest BCUT2D eigenvalue weighted by molar-refractivity contribution is 6.11. The van der Waals surface area contributed by atoms with Crippen LogP contribution in [0.5, 0.6) is 109 Å². The molecule has 0 unspecified atom stereocenters. The highest BCUT2D eigenvalue weighted by atomic mass is 16.7. The molecule has 0 radical (unpaired) electrons. The van der Waals surface area contributed by atoms with Gasteiger partial charge in [0.1, 0.15) is 18.3 Å². The molecule has 78 heavy (non-hydrogen) atoms. The first-order chi connectivity index (χ1) is 36.8. The number of ether oxygens (including phenoxy) is 8. The molecule has 6 aromatic rings. The van der Waals surface area contributed by atoms with Gasteiger partial charge in [0.05, 0.1) is 27.8 Å². The van der Waals surface area contributed by atoms with E-state index in [-0.39, 0.29) is 0 Å². The second-order valence-electron chi connectivity index (χ2n) is 17.0. The molecule has 4 aliphatic rings. The Morgan fingerprint density at radius 2 is 0.795 bits per heavy atom. The lowest BCUT2D eigenvalue weighted by Crippen LogP contribution is -2.63. The molecule has 402 valence electrons. The number of fused-ring (bicyclic) bond motifs is 12. The number of benzene rings is 6. The highest BCUT2D eigenvalue weighted by Crippen LogP contribution is 2.59. The topological polar surface area (TPSA) is 500 Å². The van der Waals surface area contributed by atoms with Crippen molar-refractivity contribution in [2.24, 2.45) is 0 Å². The summed E-state index contributed by atoms with van der Waals surface area (Å²) in [6.45, 7) is -1.35. The largest absolute Gasteiger partial charge is 0.504 e. The van der Waals surface area contributed by atoms with Gasteiger partial charge >= 0.3 is 35.8 Å². The van der Waals surface area contributed by atoms with E-state index in [1.807, 2.05) is 0 Å². The molecular weight excluding hydrogens is 1060 g/mol. The molecule has 0 aromatic heterocycles. The average molecular weight is 1090 g/mol. The van der Waals surface area contributed by atoms with E-state index in [1.54, 1.807) is 0 Å². The predicted octanol–water partition coefficient (Wildman–Crippen LogP) is 2.68. The molecule has 0 saturated carbocycles. The van der Waals surface area contributed by atoms with E-state index in [2.05, 4.69) is 0 Å². The number of aromatic hydroxyl groups is 16. The summed E-state index contributed by atoms with van der Waals surface area (Å²) in [4.78, 5) is 86.2. The summed E-state index contributed by atoms with van der Waals surface area (Å²) in [5, 5.41) is 171. The molecule has 0 aliphatic carbocycles. The standard InChI is InChI=1S/C48H30O30/c49-15-1-9(2-16(50)27(15)56)42(65)78-48-41-40(76-45(68)10-3-17(51)28(57)32(61)23(10)24-11(46(69)77-41)4-18(52)29(58)33(24)62)38-22(72-48)8-71-43(66)13-6-21(55)37-39(75-47(70)14-7-20(54)31(60)35(64)36(14)73-37)26(13)25-12(44(67)74-38)5-19(53)30(59)34(25)63/h1-7,22,38,40-41,48-64H,8H2/t22-,38-,40+,41-,48+/m1/s1. The number of hydrogen-bond acceptors (Lipinski definition) is 30. The number of hydrogen-bond donors (Lipinski definition) is 16. The molecule has 1 fully saturated rings. The SMILES string of the molecule is O=C(O[C@@H]1O[C@@H]2COC(=O)c3cc(O)c4c(c3-c3c(cc(O)c(O)c3O)C(=O)O[C@H]2[C@@H]2OC(=O)c3cc(O)c(O)c(O)c3-c3c(cc(O)c(O)c3O)C(=O)O[C@@H]12)OC(=O)c1cc(O)c(O)c(O)c1O4)c1cc(O)c(O)c(O)c1. The van der Waals surface area contributed by atoms with Gasteiger partial charge in [-0.1, -0.05) is 0 Å². The number of esters is 6. The van der Waals surface area contributed by atoms with E-state index in [4.69, 9.17) is 37.9 Å². The molecule has 0 spiro atoms. The molecule has 30 nitrogen and oxygen atoms in total. The van der Waals surface area contributed by atoms with E-state index in [1.165, 1.54) is 0 Å². The van der Waals surface area contributed by atoms with Crippen molar-refractivity contribution in [2.75, 3.05) is 6.61 Å². The van der Waals surface area contributed by atoms with Gasteiger partial charge in [-0.3, -0.25) is 0 Å². The molecule has 1 saturated heterocycles. The molecule has 30 heteroatoms. The Morgan fingerprint density at radius 1 is 0.385 bits per heavy atom. The van der Waals surface area contributed by atoms with Crippen molar-refractivity contribution in [1.82, 2.24) is 0 Å². The van der Waals surface area contributed by atoms with Gasteiger partial charge in [0.25, 0.3) is 0 Å². The molecule has 6 aromatic carbocycles. The van der Waals surface area contributed by atoms with Crippen LogP contribution in [0.4, 0.5) is 0 Å². The van der Waals surface area contributed by atoms with Crippen molar-refractivity contribution < 1.29 is 148 Å². The summed E-state index contributed by atoms with van der Waals surface area (Å²) >= 11 is 0. The third-order valence-electron chi connectivity index (χ3n) is 12.4. The van der Waals surface area contributed by atoms with Crippen molar-refractivity contribution in [1.29, 1.82) is 0 Å². The normalized spacial score (nSPS) is 19.4. The van der Waals surface area contributed by atoms with Crippen LogP contribution in [-0.4, -0.2) is 155 Å². The van der Waals surface area contributed by atoms with Gasteiger partial charge < -0.3 is 120 Å². The fourth-order valence-electron chi connectivity index (χ4n) is 8.74. The number of carbonyl (C=O) groups excluding carboxylic acids is 6. The molecule has 10 rings (SSSR count). The molecule has 4 heterocycles. The predicted molar refractivity (Wildman–Crippen MR) is 240 cm³/mol. The van der Waals surface area contributed by atoms with Gasteiger partial charge in [0.15, 0.2) is 87.0 Å². The van der Waals surface area contributed by atoms with E-state index in [0.29, 0.717) is 42.5 Å². The van der Waals surface area contributed by atoms with Crippen LogP contribution in [0.25, 0.3) is 22.3 Å². The minimum Gasteiger partial charge on any atom is -0.504 e. The van der Waals surface area contributed by atoms with Gasteiger partial charge in [-0.05, 0) is 36.4 Å². The van der Waals surface area contributed by atoms with Crippen LogP contribution in [0.15, 0.2) is 42.5 Å². The number of phenolic OH excluding ortho intramolecular Hbond substituents is 16. The zero-order valence-corrected chi connectivity index (χ0v) is 38.0. The van der Waals surface area contributed by atoms with Gasteiger partial charge in [-0.15, -0.1) is 0 Å². The molecule has 4 aliphatic heterocycles. The van der Waals surface area contributed by atoms with E-state index >= 15 is 0 Å². The smallest absolute Gasteiger partial charge is 0.347 e. The van der Waals surface area contributed by atoms with Gasteiger partial charge in [-0.25, -0.2) is 28.8 Å². The van der Waals surface area contributed by atoms with Crippen LogP contribution >= 0.6 is 0 Å². The minimum atomic E-state index is -2.61. The number of cyclic esters (lactones) is 1. The zero-order valence-electron chi connectivity index (χ0n) is 38.0. The average Bonchev–Trinajstić information content (AvgIpc) is 3.72. The first-order valence-corrected chi connectivity index (χ1v) is 21.6. The minimum absolute atomic E-state index is 0.372. The fourth-order valence-corrected chi connectivity index (χ4v) is 8.74. The third kappa shape index (κ3) is 7.61. The van der Waals surface area contributed by atoms with E-state index in [9.17, 15) is 110 Å². The molecule has 5 atom stereocenters. The lowest BCUT2D eigenvalue weighted by molar-refractivity contribution is -0.282. The molecule has 0 amide bonds. The van der Waals surface area contributed by atoms with Crippen LogP contribution < -0.4 is 9.47 Å². The number of rotatable bonds is 2. The number of carbonyl (C=O) groups is 6. The Kier molecular flexibility index (Phi) is 11.4. The van der Waals surface area contributed by atoms with Crippen LogP contribution in [0, 0.1) is 0 Å². The quantitative estimate of drug-likeness (QED) is 0.0513. The number of phenols is 16. The maximum atomic E-state index is 14.9. The van der Waals surface area contributed by atoms with Crippen molar-refractivity contribution in [3.63, 3.8) is 0 Å². The summed E-state index contributed by atoms with van der Waals surface area (Å²) in [5.74, 6) is -34.8. The summed E-state index contributed by atoms with van der Waals surface area (Å²) in [6, 6.07) is 3.26. The first-order valence-electron chi connectivity index (χ1n) is 21.6. The summed E-state index contributed by atoms with van der Waals surface area (Å²) in [7, 11) is 0. The van der Waals surface area contributed by atoms with Crippen molar-refractivity contribution in [3.05, 3.63) is 75.8 Å². The Balaban J connectivity index is 1.19. The molecule has 16 N–H and O–H groups in total. The summed E-state index contributed by atoms with van der Waals surface area (Å²) in [5.41, 5.74) is -10.6. The second-order valence-corrected chi connectivity index (χ2v) is 17.0. The van der Waals surface area contributed by atoms with Crippen LogP contribution in [0.3, 0.4) is 0 Å². The van der Waals surface area contributed by atoms with Crippen LogP contribution in [0.1, 0.15) is 62.1 Å².